The van der Waals surface area contributed by atoms with Gasteiger partial charge in [-0.3, -0.25) is 9.36 Å². The Balaban J connectivity index is 2.16. The number of carbonyl (C=O) groups excluding carboxylic acids is 1. The van der Waals surface area contributed by atoms with E-state index in [1.165, 1.54) is 9.47 Å². The predicted molar refractivity (Wildman–Crippen MR) is 69.9 cm³/mol. The van der Waals surface area contributed by atoms with Gasteiger partial charge in [-0.2, -0.15) is 0 Å². The van der Waals surface area contributed by atoms with E-state index in [9.17, 15) is 9.59 Å². The molecule has 0 aliphatic rings. The third-order valence-corrected chi connectivity index (χ3v) is 3.15. The Bertz CT molecular complexity index is 656. The van der Waals surface area contributed by atoms with Crippen molar-refractivity contribution in [3.8, 4) is 0 Å². The lowest BCUT2D eigenvalue weighted by Gasteiger charge is -2.15. The number of rotatable bonds is 4. The molecule has 0 aliphatic heterocycles. The molecule has 2 aromatic rings. The van der Waals surface area contributed by atoms with Crippen LogP contribution in [0.25, 0.3) is 11.1 Å². The predicted octanol–water partition coefficient (Wildman–Crippen LogP) is 0.125. The van der Waals surface area contributed by atoms with Crippen LogP contribution in [0, 0.1) is 0 Å². The largest absolute Gasteiger partial charge is 0.419 e. The molecule has 0 saturated carbocycles. The fraction of sp³-hybridized carbons (Fsp3) is 0.385. The molecule has 0 aliphatic carbocycles. The number of carbonyl (C=O) groups is 1. The molecule has 0 atom stereocenters. The first-order valence-corrected chi connectivity index (χ1v) is 5.96. The minimum atomic E-state index is -0.480. The Morgan fingerprint density at radius 3 is 2.89 bits per heavy atom. The molecule has 2 rings (SSSR count). The van der Waals surface area contributed by atoms with Gasteiger partial charge in [0.05, 0.1) is 5.52 Å². The molecule has 0 saturated heterocycles. The first-order chi connectivity index (χ1) is 9.02. The van der Waals surface area contributed by atoms with Crippen molar-refractivity contribution in [2.45, 2.75) is 6.42 Å². The summed E-state index contributed by atoms with van der Waals surface area (Å²) < 4.78 is 6.49. The highest BCUT2D eigenvalue weighted by molar-refractivity contribution is 5.77. The third-order valence-electron chi connectivity index (χ3n) is 3.15. The molecule has 0 bridgehead atoms. The number of oxazole rings is 1. The van der Waals surface area contributed by atoms with Crippen LogP contribution in [0.3, 0.4) is 0 Å². The van der Waals surface area contributed by atoms with Gasteiger partial charge >= 0.3 is 5.76 Å². The topological polar surface area (TPSA) is 75.7 Å². The first-order valence-electron chi connectivity index (χ1n) is 5.96. The second-order valence-corrected chi connectivity index (χ2v) is 4.45. The lowest BCUT2D eigenvalue weighted by molar-refractivity contribution is -0.132. The maximum absolute atomic E-state index is 11.4. The molecule has 1 amide bonds. The molecule has 6 nitrogen and oxygen atoms in total. The molecular formula is C13H16N2O4. The molecule has 19 heavy (non-hydrogen) atoms. The summed E-state index contributed by atoms with van der Waals surface area (Å²) in [6.07, 6.45) is 0.650. The van der Waals surface area contributed by atoms with Gasteiger partial charge in [-0.15, -0.1) is 0 Å². The van der Waals surface area contributed by atoms with E-state index in [2.05, 4.69) is 0 Å². The van der Waals surface area contributed by atoms with Crippen LogP contribution in [0.2, 0.25) is 0 Å². The van der Waals surface area contributed by atoms with Crippen molar-refractivity contribution in [2.75, 3.05) is 20.2 Å². The zero-order chi connectivity index (χ0) is 14.0. The van der Waals surface area contributed by atoms with Crippen molar-refractivity contribution < 1.29 is 14.3 Å². The maximum atomic E-state index is 11.4. The highest BCUT2D eigenvalue weighted by Crippen LogP contribution is 2.14. The van der Waals surface area contributed by atoms with Crippen LogP contribution >= 0.6 is 0 Å². The molecule has 1 heterocycles. The smallest absolute Gasteiger partial charge is 0.408 e. The summed E-state index contributed by atoms with van der Waals surface area (Å²) in [5, 5.41) is 8.74. The van der Waals surface area contributed by atoms with Gasteiger partial charge in [0.25, 0.3) is 0 Å². The standard InChI is InChI=1S/C13H16N2O4/c1-14(12(17)8-16)6-5-9-3-4-11-10(7-9)15(2)13(18)19-11/h3-4,7,16H,5-6,8H2,1-2H3. The molecular weight excluding hydrogens is 248 g/mol. The van der Waals surface area contributed by atoms with Crippen molar-refractivity contribution in [1.29, 1.82) is 0 Å². The Hall–Kier alpha value is -2.08. The Labute approximate surface area is 109 Å². The fourth-order valence-corrected chi connectivity index (χ4v) is 1.87. The summed E-state index contributed by atoms with van der Waals surface area (Å²) in [5.74, 6) is -0.698. The second-order valence-electron chi connectivity index (χ2n) is 4.45. The zero-order valence-corrected chi connectivity index (χ0v) is 10.9. The number of aliphatic hydroxyl groups is 1. The summed E-state index contributed by atoms with van der Waals surface area (Å²) in [7, 11) is 3.30. The van der Waals surface area contributed by atoms with Crippen molar-refractivity contribution in [2.24, 2.45) is 7.05 Å². The van der Waals surface area contributed by atoms with Crippen LogP contribution in [-0.4, -0.2) is 40.7 Å². The van der Waals surface area contributed by atoms with Crippen molar-refractivity contribution in [3.63, 3.8) is 0 Å². The number of hydrogen-bond donors (Lipinski definition) is 1. The Morgan fingerprint density at radius 1 is 1.47 bits per heavy atom. The summed E-state index contributed by atoms with van der Waals surface area (Å²) in [6.45, 7) is 0.0302. The van der Waals surface area contributed by atoms with Gasteiger partial charge in [-0.25, -0.2) is 4.79 Å². The molecule has 0 radical (unpaired) electrons. The highest BCUT2D eigenvalue weighted by atomic mass is 16.4. The average molecular weight is 264 g/mol. The molecule has 102 valence electrons. The monoisotopic (exact) mass is 264 g/mol. The van der Waals surface area contributed by atoms with E-state index >= 15 is 0 Å². The molecule has 6 heteroatoms. The van der Waals surface area contributed by atoms with Gasteiger partial charge in [-0.1, -0.05) is 6.07 Å². The minimum Gasteiger partial charge on any atom is -0.408 e. The molecule has 1 N–H and O–H groups in total. The second kappa shape index (κ2) is 5.27. The summed E-state index contributed by atoms with van der Waals surface area (Å²) in [6, 6.07) is 5.49. The van der Waals surface area contributed by atoms with Crippen molar-refractivity contribution >= 4 is 17.0 Å². The fourth-order valence-electron chi connectivity index (χ4n) is 1.87. The Morgan fingerprint density at radius 2 is 2.21 bits per heavy atom. The summed E-state index contributed by atoms with van der Waals surface area (Å²) in [4.78, 5) is 24.0. The number of aryl methyl sites for hydroxylation is 1. The van der Waals surface area contributed by atoms with Crippen LogP contribution in [0.5, 0.6) is 0 Å². The highest BCUT2D eigenvalue weighted by Gasteiger charge is 2.09. The number of aromatic nitrogens is 1. The van der Waals surface area contributed by atoms with Gasteiger partial charge in [-0.05, 0) is 24.1 Å². The van der Waals surface area contributed by atoms with E-state index in [0.717, 1.165) is 11.1 Å². The number of amides is 1. The van der Waals surface area contributed by atoms with Gasteiger partial charge in [0.1, 0.15) is 6.61 Å². The van der Waals surface area contributed by atoms with Gasteiger partial charge in [0, 0.05) is 20.6 Å². The number of likely N-dealkylation sites (N-methyl/N-ethyl adjacent to an activating group) is 1. The number of nitrogens with zero attached hydrogens (tertiary/aromatic N) is 2. The number of aliphatic hydroxyl groups excluding tert-OH is 1. The zero-order valence-electron chi connectivity index (χ0n) is 10.9. The Kier molecular flexibility index (Phi) is 3.71. The van der Waals surface area contributed by atoms with Crippen LogP contribution in [0.4, 0.5) is 0 Å². The quantitative estimate of drug-likeness (QED) is 0.851. The average Bonchev–Trinajstić information content (AvgIpc) is 2.70. The number of fused-ring (bicyclic) bond motifs is 1. The van der Waals surface area contributed by atoms with E-state index in [0.29, 0.717) is 18.5 Å². The van der Waals surface area contributed by atoms with Crippen LogP contribution in [-0.2, 0) is 18.3 Å². The van der Waals surface area contributed by atoms with E-state index in [-0.39, 0.29) is 11.7 Å². The van der Waals surface area contributed by atoms with Gasteiger partial charge in [0.2, 0.25) is 5.91 Å². The van der Waals surface area contributed by atoms with E-state index in [1.807, 2.05) is 12.1 Å². The molecule has 0 fully saturated rings. The van der Waals surface area contributed by atoms with Crippen LogP contribution in [0.1, 0.15) is 5.56 Å². The SMILES string of the molecule is CN(CCc1ccc2oc(=O)n(C)c2c1)C(=O)CO. The van der Waals surface area contributed by atoms with Crippen molar-refractivity contribution in [1.82, 2.24) is 9.47 Å². The first kappa shape index (κ1) is 13.4. The lowest BCUT2D eigenvalue weighted by atomic mass is 10.1. The summed E-state index contributed by atoms with van der Waals surface area (Å²) >= 11 is 0. The molecule has 1 aromatic carbocycles. The van der Waals surface area contributed by atoms with Gasteiger partial charge in [0.15, 0.2) is 5.58 Å². The molecule has 0 unspecified atom stereocenters. The lowest BCUT2D eigenvalue weighted by Crippen LogP contribution is -2.31. The van der Waals surface area contributed by atoms with Gasteiger partial charge < -0.3 is 14.4 Å². The third kappa shape index (κ3) is 2.68. The van der Waals surface area contributed by atoms with Crippen molar-refractivity contribution in [3.05, 3.63) is 34.3 Å². The maximum Gasteiger partial charge on any atom is 0.419 e. The van der Waals surface area contributed by atoms with E-state index in [1.54, 1.807) is 20.2 Å². The molecule has 0 spiro atoms. The van der Waals surface area contributed by atoms with Crippen LogP contribution < -0.4 is 5.76 Å². The normalized spacial score (nSPS) is 10.9. The molecule has 1 aromatic heterocycles. The number of hydrogen-bond acceptors (Lipinski definition) is 4. The summed E-state index contributed by atoms with van der Waals surface area (Å²) in [5.41, 5.74) is 2.29. The van der Waals surface area contributed by atoms with Crippen LogP contribution in [0.15, 0.2) is 27.4 Å². The minimum absolute atomic E-state index is 0.309. The van der Waals surface area contributed by atoms with E-state index in [4.69, 9.17) is 9.52 Å². The van der Waals surface area contributed by atoms with E-state index < -0.39 is 6.61 Å². The number of benzene rings is 1.